The van der Waals surface area contributed by atoms with E-state index in [-0.39, 0.29) is 0 Å². The number of aromatic nitrogens is 2. The summed E-state index contributed by atoms with van der Waals surface area (Å²) >= 11 is 0. The van der Waals surface area contributed by atoms with E-state index in [4.69, 9.17) is 11.1 Å². The van der Waals surface area contributed by atoms with E-state index in [0.29, 0.717) is 5.82 Å². The third kappa shape index (κ3) is 2.01. The number of pyridine rings is 2. The van der Waals surface area contributed by atoms with E-state index in [1.165, 1.54) is 6.21 Å². The van der Waals surface area contributed by atoms with Gasteiger partial charge in [-0.15, -0.1) is 0 Å². The minimum absolute atomic E-state index is 0.503. The molecular weight excluding hydrogens is 212 g/mol. The van der Waals surface area contributed by atoms with Crippen LogP contribution in [0.1, 0.15) is 18.2 Å². The summed E-state index contributed by atoms with van der Waals surface area (Å²) in [5.41, 5.74) is 9.88. The molecular formula is C13H14N4. The number of fused-ring (bicyclic) bond motifs is 1. The van der Waals surface area contributed by atoms with Gasteiger partial charge >= 0.3 is 0 Å². The van der Waals surface area contributed by atoms with Crippen LogP contribution < -0.4 is 5.73 Å². The molecule has 3 N–H and O–H groups in total. The molecule has 0 aliphatic rings. The third-order valence-electron chi connectivity index (χ3n) is 2.62. The van der Waals surface area contributed by atoms with Gasteiger partial charge in [-0.3, -0.25) is 0 Å². The molecule has 2 aromatic heterocycles. The number of anilines is 1. The number of allylic oxidation sites excluding steroid dienone is 2. The zero-order valence-electron chi connectivity index (χ0n) is 9.86. The molecule has 0 bridgehead atoms. The highest BCUT2D eigenvalue weighted by molar-refractivity contribution is 6.07. The van der Waals surface area contributed by atoms with Crippen LogP contribution in [0.2, 0.25) is 0 Å². The van der Waals surface area contributed by atoms with Crippen LogP contribution in [0.3, 0.4) is 0 Å². The molecule has 2 aromatic rings. The summed E-state index contributed by atoms with van der Waals surface area (Å²) in [6.45, 7) is 3.84. The van der Waals surface area contributed by atoms with Crippen LogP contribution in [0.5, 0.6) is 0 Å². The fourth-order valence-electron chi connectivity index (χ4n) is 1.76. The molecule has 0 spiro atoms. The van der Waals surface area contributed by atoms with Crippen molar-refractivity contribution in [2.24, 2.45) is 0 Å². The molecule has 86 valence electrons. The molecule has 17 heavy (non-hydrogen) atoms. The number of nitrogens with two attached hydrogens (primary N) is 1. The molecule has 4 nitrogen and oxygen atoms in total. The van der Waals surface area contributed by atoms with E-state index >= 15 is 0 Å². The maximum absolute atomic E-state index is 7.32. The Morgan fingerprint density at radius 2 is 2.12 bits per heavy atom. The predicted molar refractivity (Wildman–Crippen MR) is 71.1 cm³/mol. The summed E-state index contributed by atoms with van der Waals surface area (Å²) in [5.74, 6) is 0.503. The van der Waals surface area contributed by atoms with Gasteiger partial charge in [0.25, 0.3) is 0 Å². The fraction of sp³-hybridized carbons (Fsp3) is 0.154. The molecule has 0 saturated carbocycles. The van der Waals surface area contributed by atoms with Crippen LogP contribution in [-0.2, 0) is 0 Å². The average molecular weight is 226 g/mol. The van der Waals surface area contributed by atoms with Crippen molar-refractivity contribution in [3.05, 3.63) is 35.5 Å². The van der Waals surface area contributed by atoms with Crippen molar-refractivity contribution in [1.29, 1.82) is 5.41 Å². The molecule has 0 atom stereocenters. The van der Waals surface area contributed by atoms with Gasteiger partial charge in [-0.25, -0.2) is 9.97 Å². The summed E-state index contributed by atoms with van der Waals surface area (Å²) < 4.78 is 0. The minimum atomic E-state index is 0.503. The van der Waals surface area contributed by atoms with E-state index in [2.05, 4.69) is 9.97 Å². The molecule has 0 aromatic carbocycles. The van der Waals surface area contributed by atoms with Crippen molar-refractivity contribution in [1.82, 2.24) is 9.97 Å². The first-order chi connectivity index (χ1) is 8.15. The molecule has 0 aliphatic carbocycles. The number of nitrogen functional groups attached to an aromatic ring is 1. The Hall–Kier alpha value is -2.23. The standard InChI is InChI=1S/C13H14N4/c1-3-9(7-14)10-4-5-11-13(17-10)8(2)6-12(15)16-11/h3-7,14H,1-2H3,(H2,15,16)/b9-3+,14-7?. The van der Waals surface area contributed by atoms with E-state index in [1.807, 2.05) is 32.1 Å². The van der Waals surface area contributed by atoms with Gasteiger partial charge in [-0.2, -0.15) is 0 Å². The molecule has 0 radical (unpaired) electrons. The number of hydrogen-bond donors (Lipinski definition) is 2. The Labute approximate surface area is 99.7 Å². The van der Waals surface area contributed by atoms with Gasteiger partial charge in [0.05, 0.1) is 16.7 Å². The summed E-state index contributed by atoms with van der Waals surface area (Å²) in [4.78, 5) is 8.75. The molecule has 0 saturated heterocycles. The second kappa shape index (κ2) is 4.33. The lowest BCUT2D eigenvalue weighted by atomic mass is 10.1. The van der Waals surface area contributed by atoms with Gasteiger partial charge in [0.2, 0.25) is 0 Å². The molecule has 0 fully saturated rings. The summed E-state index contributed by atoms with van der Waals surface area (Å²) in [6.07, 6.45) is 3.16. The maximum Gasteiger partial charge on any atom is 0.124 e. The Kier molecular flexibility index (Phi) is 2.87. The topological polar surface area (TPSA) is 75.7 Å². The minimum Gasteiger partial charge on any atom is -0.384 e. The normalized spacial score (nSPS) is 11.8. The fourth-order valence-corrected chi connectivity index (χ4v) is 1.76. The van der Waals surface area contributed by atoms with Crippen LogP contribution in [0.25, 0.3) is 16.6 Å². The Morgan fingerprint density at radius 3 is 2.76 bits per heavy atom. The predicted octanol–water partition coefficient (Wildman–Crippen LogP) is 2.57. The highest BCUT2D eigenvalue weighted by Gasteiger charge is 2.05. The zero-order valence-corrected chi connectivity index (χ0v) is 9.86. The van der Waals surface area contributed by atoms with Gasteiger partial charge in [-0.05, 0) is 37.6 Å². The summed E-state index contributed by atoms with van der Waals surface area (Å²) in [5, 5.41) is 7.32. The van der Waals surface area contributed by atoms with Crippen LogP contribution in [-0.4, -0.2) is 16.2 Å². The van der Waals surface area contributed by atoms with Crippen LogP contribution in [0.15, 0.2) is 24.3 Å². The molecule has 0 unspecified atom stereocenters. The van der Waals surface area contributed by atoms with Crippen LogP contribution >= 0.6 is 0 Å². The van der Waals surface area contributed by atoms with E-state index in [0.717, 1.165) is 27.9 Å². The van der Waals surface area contributed by atoms with Gasteiger partial charge in [0.1, 0.15) is 5.82 Å². The van der Waals surface area contributed by atoms with Gasteiger partial charge in [0.15, 0.2) is 0 Å². The number of hydrogen-bond acceptors (Lipinski definition) is 4. The lowest BCUT2D eigenvalue weighted by Gasteiger charge is -2.05. The molecule has 2 rings (SSSR count). The van der Waals surface area contributed by atoms with Crippen molar-refractivity contribution in [3.63, 3.8) is 0 Å². The molecule has 0 aliphatic heterocycles. The Balaban J connectivity index is 2.70. The lowest BCUT2D eigenvalue weighted by molar-refractivity contribution is 1.28. The second-order valence-corrected chi connectivity index (χ2v) is 3.82. The smallest absolute Gasteiger partial charge is 0.124 e. The number of nitrogens with zero attached hydrogens (tertiary/aromatic N) is 2. The van der Waals surface area contributed by atoms with Crippen molar-refractivity contribution < 1.29 is 0 Å². The van der Waals surface area contributed by atoms with E-state index in [9.17, 15) is 0 Å². The van der Waals surface area contributed by atoms with Crippen molar-refractivity contribution in [2.45, 2.75) is 13.8 Å². The monoisotopic (exact) mass is 226 g/mol. The highest BCUT2D eigenvalue weighted by Crippen LogP contribution is 2.19. The number of nitrogens with one attached hydrogen (secondary N) is 1. The maximum atomic E-state index is 7.32. The van der Waals surface area contributed by atoms with Crippen LogP contribution in [0, 0.1) is 12.3 Å². The highest BCUT2D eigenvalue weighted by atomic mass is 14.9. The van der Waals surface area contributed by atoms with Gasteiger partial charge in [0, 0.05) is 11.8 Å². The largest absolute Gasteiger partial charge is 0.384 e. The van der Waals surface area contributed by atoms with Crippen molar-refractivity contribution >= 4 is 28.6 Å². The summed E-state index contributed by atoms with van der Waals surface area (Å²) in [6, 6.07) is 5.54. The average Bonchev–Trinajstić information content (AvgIpc) is 2.31. The Bertz CT molecular complexity index is 614. The molecule has 4 heteroatoms. The number of rotatable bonds is 2. The summed E-state index contributed by atoms with van der Waals surface area (Å²) in [7, 11) is 0. The van der Waals surface area contributed by atoms with Gasteiger partial charge < -0.3 is 11.1 Å². The van der Waals surface area contributed by atoms with Gasteiger partial charge in [-0.1, -0.05) is 6.08 Å². The molecule has 2 heterocycles. The first kappa shape index (κ1) is 11.3. The zero-order chi connectivity index (χ0) is 12.4. The quantitative estimate of drug-likeness (QED) is 0.773. The second-order valence-electron chi connectivity index (χ2n) is 3.82. The van der Waals surface area contributed by atoms with E-state index in [1.54, 1.807) is 6.07 Å². The first-order valence-corrected chi connectivity index (χ1v) is 5.36. The molecule has 0 amide bonds. The Morgan fingerprint density at radius 1 is 1.35 bits per heavy atom. The lowest BCUT2D eigenvalue weighted by Crippen LogP contribution is -1.97. The third-order valence-corrected chi connectivity index (χ3v) is 2.62. The van der Waals surface area contributed by atoms with Crippen molar-refractivity contribution in [3.8, 4) is 0 Å². The number of aryl methyl sites for hydroxylation is 1. The van der Waals surface area contributed by atoms with Crippen LogP contribution in [0.4, 0.5) is 5.82 Å². The van der Waals surface area contributed by atoms with Crippen molar-refractivity contribution in [2.75, 3.05) is 5.73 Å². The van der Waals surface area contributed by atoms with E-state index < -0.39 is 0 Å². The SMILES string of the molecule is C/C=C(\C=N)c1ccc2nc(N)cc(C)c2n1. The first-order valence-electron chi connectivity index (χ1n) is 5.36.